The summed E-state index contributed by atoms with van der Waals surface area (Å²) in [5, 5.41) is 17.7. The highest BCUT2D eigenvalue weighted by Gasteiger charge is 2.72. The third-order valence-corrected chi connectivity index (χ3v) is 3.53. The van der Waals surface area contributed by atoms with Crippen LogP contribution >= 0.6 is 0 Å². The van der Waals surface area contributed by atoms with E-state index in [0.29, 0.717) is 0 Å². The van der Waals surface area contributed by atoms with Crippen molar-refractivity contribution in [2.75, 3.05) is 0 Å². The highest BCUT2D eigenvalue weighted by atomic mass is 16.4. The Morgan fingerprint density at radius 3 is 1.69 bits per heavy atom. The van der Waals surface area contributed by atoms with E-state index in [2.05, 4.69) is 0 Å². The van der Waals surface area contributed by atoms with E-state index >= 15 is 0 Å². The molecular weight excluding hydrogens is 172 g/mol. The van der Waals surface area contributed by atoms with Crippen molar-refractivity contribution in [2.45, 2.75) is 25.7 Å². The minimum atomic E-state index is -0.936. The van der Waals surface area contributed by atoms with Gasteiger partial charge in [0.05, 0.1) is 11.8 Å². The first-order valence-corrected chi connectivity index (χ1v) is 4.55. The molecule has 4 heteroatoms. The van der Waals surface area contributed by atoms with Crippen molar-refractivity contribution in [1.29, 1.82) is 0 Å². The van der Waals surface area contributed by atoms with Gasteiger partial charge in [0, 0.05) is 0 Å². The lowest BCUT2D eigenvalue weighted by atomic mass is 10.0. The number of carbonyl (C=O) groups is 2. The zero-order valence-corrected chi connectivity index (χ0v) is 7.19. The zero-order valence-electron chi connectivity index (χ0n) is 7.19. The molecule has 2 aliphatic rings. The number of rotatable bonds is 2. The first kappa shape index (κ1) is 8.53. The summed E-state index contributed by atoms with van der Waals surface area (Å²) < 4.78 is 0. The molecule has 2 rings (SSSR count). The van der Waals surface area contributed by atoms with E-state index in [1.54, 1.807) is 0 Å². The van der Waals surface area contributed by atoms with Gasteiger partial charge < -0.3 is 10.2 Å². The molecule has 0 radical (unpaired) electrons. The summed E-state index contributed by atoms with van der Waals surface area (Å²) in [6.07, 6.45) is 3.52. The second-order valence-corrected chi connectivity index (χ2v) is 4.07. The maximum Gasteiger partial charge on any atom is 0.307 e. The van der Waals surface area contributed by atoms with Crippen LogP contribution in [-0.2, 0) is 9.59 Å². The Morgan fingerprint density at radius 1 is 1.00 bits per heavy atom. The molecule has 0 saturated heterocycles. The van der Waals surface area contributed by atoms with E-state index in [1.165, 1.54) is 0 Å². The van der Waals surface area contributed by atoms with Crippen molar-refractivity contribution in [2.24, 2.45) is 17.3 Å². The molecule has 4 nitrogen and oxygen atoms in total. The maximum absolute atomic E-state index is 10.8. The second-order valence-electron chi connectivity index (χ2n) is 4.07. The van der Waals surface area contributed by atoms with Crippen LogP contribution in [0.15, 0.2) is 0 Å². The molecule has 2 aliphatic carbocycles. The first-order chi connectivity index (χ1) is 6.09. The number of aliphatic carboxylic acids is 2. The second kappa shape index (κ2) is 2.47. The molecule has 0 bridgehead atoms. The molecule has 2 saturated carbocycles. The predicted octanol–water partition coefficient (Wildman–Crippen LogP) is 0.962. The number of hydrogen-bond acceptors (Lipinski definition) is 2. The number of hydrogen-bond donors (Lipinski definition) is 2. The highest BCUT2D eigenvalue weighted by molar-refractivity contribution is 5.88. The molecule has 0 aromatic rings. The molecule has 2 fully saturated rings. The lowest BCUT2D eigenvalue weighted by Gasteiger charge is -2.04. The summed E-state index contributed by atoms with van der Waals surface area (Å²) in [4.78, 5) is 21.5. The fraction of sp³-hybridized carbons (Fsp3) is 0.778. The SMILES string of the molecule is O=C(O)C1C(C(=O)O)C12CCCC2. The standard InChI is InChI=1S/C9H12O4/c10-7(11)5-6(8(12)13)9(5)3-1-2-4-9/h5-6H,1-4H2,(H,10,11)(H,12,13). The van der Waals surface area contributed by atoms with Crippen molar-refractivity contribution in [3.8, 4) is 0 Å². The number of carboxylic acids is 2. The Morgan fingerprint density at radius 2 is 1.38 bits per heavy atom. The third-order valence-electron chi connectivity index (χ3n) is 3.53. The van der Waals surface area contributed by atoms with Crippen LogP contribution < -0.4 is 0 Å². The minimum absolute atomic E-state index is 0.377. The van der Waals surface area contributed by atoms with Crippen molar-refractivity contribution < 1.29 is 19.8 Å². The van der Waals surface area contributed by atoms with E-state index in [-0.39, 0.29) is 5.41 Å². The van der Waals surface area contributed by atoms with Crippen molar-refractivity contribution in [1.82, 2.24) is 0 Å². The molecule has 1 spiro atoms. The summed E-state index contributed by atoms with van der Waals surface area (Å²) in [5.74, 6) is -3.11. The van der Waals surface area contributed by atoms with Crippen LogP contribution in [-0.4, -0.2) is 22.2 Å². The largest absolute Gasteiger partial charge is 0.481 e. The summed E-state index contributed by atoms with van der Waals surface area (Å²) in [7, 11) is 0. The summed E-state index contributed by atoms with van der Waals surface area (Å²) in [5.41, 5.74) is -0.377. The lowest BCUT2D eigenvalue weighted by molar-refractivity contribution is -0.144. The van der Waals surface area contributed by atoms with E-state index in [9.17, 15) is 9.59 Å². The number of carboxylic acid groups (broad SMARTS) is 2. The van der Waals surface area contributed by atoms with Crippen LogP contribution in [0, 0.1) is 17.3 Å². The lowest BCUT2D eigenvalue weighted by Crippen LogP contribution is -2.06. The molecule has 0 heterocycles. The Balaban J connectivity index is 2.21. The Hall–Kier alpha value is -1.06. The van der Waals surface area contributed by atoms with Gasteiger partial charge in [0.25, 0.3) is 0 Å². The average molecular weight is 184 g/mol. The van der Waals surface area contributed by atoms with Gasteiger partial charge in [-0.2, -0.15) is 0 Å². The van der Waals surface area contributed by atoms with Gasteiger partial charge in [0.15, 0.2) is 0 Å². The van der Waals surface area contributed by atoms with Gasteiger partial charge in [-0.3, -0.25) is 9.59 Å². The summed E-state index contributed by atoms with van der Waals surface area (Å²) >= 11 is 0. The summed E-state index contributed by atoms with van der Waals surface area (Å²) in [6.45, 7) is 0. The monoisotopic (exact) mass is 184 g/mol. The molecule has 0 aromatic carbocycles. The average Bonchev–Trinajstić information content (AvgIpc) is 2.40. The molecule has 0 aromatic heterocycles. The quantitative estimate of drug-likeness (QED) is 0.670. The zero-order chi connectivity index (χ0) is 9.64. The van der Waals surface area contributed by atoms with Crippen LogP contribution in [0.4, 0.5) is 0 Å². The Kier molecular flexibility index (Phi) is 1.62. The fourth-order valence-corrected chi connectivity index (χ4v) is 2.92. The predicted molar refractivity (Wildman–Crippen MR) is 43.2 cm³/mol. The Labute approximate surface area is 75.6 Å². The first-order valence-electron chi connectivity index (χ1n) is 4.55. The normalized spacial score (nSPS) is 34.8. The molecule has 72 valence electrons. The van der Waals surface area contributed by atoms with Gasteiger partial charge in [-0.25, -0.2) is 0 Å². The topological polar surface area (TPSA) is 74.6 Å². The molecule has 2 N–H and O–H groups in total. The molecule has 13 heavy (non-hydrogen) atoms. The molecule has 0 amide bonds. The van der Waals surface area contributed by atoms with Gasteiger partial charge in [0.2, 0.25) is 0 Å². The van der Waals surface area contributed by atoms with Gasteiger partial charge in [-0.05, 0) is 18.3 Å². The fourth-order valence-electron chi connectivity index (χ4n) is 2.92. The highest BCUT2D eigenvalue weighted by Crippen LogP contribution is 2.67. The maximum atomic E-state index is 10.8. The molecular formula is C9H12O4. The summed E-state index contributed by atoms with van der Waals surface area (Å²) in [6, 6.07) is 0. The van der Waals surface area contributed by atoms with E-state index in [1.807, 2.05) is 0 Å². The van der Waals surface area contributed by atoms with E-state index < -0.39 is 23.8 Å². The van der Waals surface area contributed by atoms with Crippen LogP contribution in [0.3, 0.4) is 0 Å². The van der Waals surface area contributed by atoms with Gasteiger partial charge >= 0.3 is 11.9 Å². The molecule has 2 atom stereocenters. The smallest absolute Gasteiger partial charge is 0.307 e. The van der Waals surface area contributed by atoms with Crippen LogP contribution in [0.25, 0.3) is 0 Å². The van der Waals surface area contributed by atoms with Crippen molar-refractivity contribution in [3.63, 3.8) is 0 Å². The van der Waals surface area contributed by atoms with Gasteiger partial charge in [-0.15, -0.1) is 0 Å². The van der Waals surface area contributed by atoms with Crippen molar-refractivity contribution in [3.05, 3.63) is 0 Å². The van der Waals surface area contributed by atoms with Crippen molar-refractivity contribution >= 4 is 11.9 Å². The Bertz CT molecular complexity index is 243. The van der Waals surface area contributed by atoms with Gasteiger partial charge in [-0.1, -0.05) is 12.8 Å². The van der Waals surface area contributed by atoms with Crippen LogP contribution in [0.5, 0.6) is 0 Å². The molecule has 2 unspecified atom stereocenters. The van der Waals surface area contributed by atoms with Gasteiger partial charge in [0.1, 0.15) is 0 Å². The van der Waals surface area contributed by atoms with E-state index in [0.717, 1.165) is 25.7 Å². The molecule has 0 aliphatic heterocycles. The minimum Gasteiger partial charge on any atom is -0.481 e. The van der Waals surface area contributed by atoms with Crippen LogP contribution in [0.2, 0.25) is 0 Å². The third kappa shape index (κ3) is 0.975. The van der Waals surface area contributed by atoms with E-state index in [4.69, 9.17) is 10.2 Å². The van der Waals surface area contributed by atoms with Crippen LogP contribution in [0.1, 0.15) is 25.7 Å².